The van der Waals surface area contributed by atoms with Crippen molar-refractivity contribution in [3.8, 4) is 0 Å². The molecular weight excluding hydrogens is 192 g/mol. The molecule has 0 spiro atoms. The van der Waals surface area contributed by atoms with Gasteiger partial charge in [-0.3, -0.25) is 4.79 Å². The normalized spacial score (nSPS) is 26.3. The first kappa shape index (κ1) is 12.5. The van der Waals surface area contributed by atoms with Crippen LogP contribution < -0.4 is 5.32 Å². The summed E-state index contributed by atoms with van der Waals surface area (Å²) >= 11 is 0. The van der Waals surface area contributed by atoms with E-state index >= 15 is 0 Å². The van der Waals surface area contributed by atoms with Gasteiger partial charge in [-0.25, -0.2) is 0 Å². The van der Waals surface area contributed by atoms with Gasteiger partial charge in [0, 0.05) is 26.7 Å². The fraction of sp³-hybridized carbons (Fsp3) is 0.909. The van der Waals surface area contributed by atoms with Crippen LogP contribution in [0.3, 0.4) is 0 Å². The number of amides is 1. The van der Waals surface area contributed by atoms with Crippen LogP contribution in [0.15, 0.2) is 0 Å². The third-order valence-electron chi connectivity index (χ3n) is 2.78. The molecule has 0 aliphatic carbocycles. The fourth-order valence-electron chi connectivity index (χ4n) is 1.65. The third-order valence-corrected chi connectivity index (χ3v) is 2.78. The van der Waals surface area contributed by atoms with E-state index in [0.717, 1.165) is 19.4 Å². The molecule has 0 aromatic heterocycles. The molecule has 1 N–H and O–H groups in total. The lowest BCUT2D eigenvalue weighted by Gasteiger charge is -2.27. The summed E-state index contributed by atoms with van der Waals surface area (Å²) in [5.74, 6) is 0.132. The second kappa shape index (κ2) is 6.08. The average molecular weight is 214 g/mol. The Hall–Kier alpha value is -0.610. The number of nitrogens with zero attached hydrogens (tertiary/aromatic N) is 1. The summed E-state index contributed by atoms with van der Waals surface area (Å²) in [7, 11) is 3.54. The van der Waals surface area contributed by atoms with Crippen molar-refractivity contribution in [3.63, 3.8) is 0 Å². The molecule has 0 radical (unpaired) electrons. The Morgan fingerprint density at radius 3 is 2.73 bits per heavy atom. The minimum Gasteiger partial charge on any atom is -0.376 e. The average Bonchev–Trinajstić information content (AvgIpc) is 2.20. The van der Waals surface area contributed by atoms with E-state index in [0.29, 0.717) is 19.1 Å². The zero-order valence-electron chi connectivity index (χ0n) is 9.95. The van der Waals surface area contributed by atoms with Crippen LogP contribution in [-0.2, 0) is 9.53 Å². The molecule has 88 valence electrons. The van der Waals surface area contributed by atoms with Gasteiger partial charge in [-0.2, -0.15) is 0 Å². The molecule has 1 rings (SSSR count). The van der Waals surface area contributed by atoms with Crippen LogP contribution in [0.5, 0.6) is 0 Å². The molecule has 1 amide bonds. The van der Waals surface area contributed by atoms with E-state index in [1.54, 1.807) is 19.0 Å². The van der Waals surface area contributed by atoms with Crippen LogP contribution in [0, 0.1) is 0 Å². The molecule has 0 aromatic carbocycles. The van der Waals surface area contributed by atoms with Crippen molar-refractivity contribution in [3.05, 3.63) is 0 Å². The summed E-state index contributed by atoms with van der Waals surface area (Å²) in [4.78, 5) is 12.9. The fourth-order valence-corrected chi connectivity index (χ4v) is 1.65. The monoisotopic (exact) mass is 214 g/mol. The lowest BCUT2D eigenvalue weighted by molar-refractivity contribution is -0.130. The van der Waals surface area contributed by atoms with Crippen molar-refractivity contribution in [2.45, 2.75) is 38.3 Å². The maximum atomic E-state index is 11.3. The quantitative estimate of drug-likeness (QED) is 0.746. The number of piperidine rings is 1. The number of ether oxygens (including phenoxy) is 1. The van der Waals surface area contributed by atoms with Gasteiger partial charge < -0.3 is 15.0 Å². The molecule has 4 heteroatoms. The summed E-state index contributed by atoms with van der Waals surface area (Å²) in [6, 6.07) is 0.605. The van der Waals surface area contributed by atoms with Gasteiger partial charge >= 0.3 is 0 Å². The highest BCUT2D eigenvalue weighted by atomic mass is 16.5. The molecule has 2 atom stereocenters. The zero-order valence-corrected chi connectivity index (χ0v) is 9.95. The lowest BCUT2D eigenvalue weighted by Crippen LogP contribution is -2.41. The second-order valence-electron chi connectivity index (χ2n) is 4.42. The largest absolute Gasteiger partial charge is 0.376 e. The highest BCUT2D eigenvalue weighted by Crippen LogP contribution is 2.10. The van der Waals surface area contributed by atoms with Crippen LogP contribution in [0.2, 0.25) is 0 Å². The molecule has 1 saturated heterocycles. The predicted molar refractivity (Wildman–Crippen MR) is 59.7 cm³/mol. The van der Waals surface area contributed by atoms with Crippen molar-refractivity contribution in [2.24, 2.45) is 0 Å². The number of carbonyl (C=O) groups is 1. The third kappa shape index (κ3) is 4.62. The number of carbonyl (C=O) groups excluding carboxylic acids is 1. The van der Waals surface area contributed by atoms with Crippen molar-refractivity contribution in [1.29, 1.82) is 0 Å². The Morgan fingerprint density at radius 2 is 2.20 bits per heavy atom. The molecule has 1 aliphatic heterocycles. The topological polar surface area (TPSA) is 41.6 Å². The first-order valence-electron chi connectivity index (χ1n) is 5.64. The van der Waals surface area contributed by atoms with Gasteiger partial charge in [-0.15, -0.1) is 0 Å². The van der Waals surface area contributed by atoms with Crippen LogP contribution in [0.25, 0.3) is 0 Å². The maximum Gasteiger partial charge on any atom is 0.224 e. The molecule has 0 bridgehead atoms. The molecular formula is C11H22N2O2. The summed E-state index contributed by atoms with van der Waals surface area (Å²) < 4.78 is 5.64. The van der Waals surface area contributed by atoms with E-state index in [1.807, 2.05) is 0 Å². The Labute approximate surface area is 92.0 Å². The maximum absolute atomic E-state index is 11.3. The molecule has 1 heterocycles. The van der Waals surface area contributed by atoms with Gasteiger partial charge in [0.05, 0.1) is 19.1 Å². The van der Waals surface area contributed by atoms with E-state index in [2.05, 4.69) is 12.2 Å². The standard InChI is InChI=1S/C11H22N2O2/c1-9-4-5-10(8-12-9)15-7-6-11(14)13(2)3/h9-10,12H,4-8H2,1-3H3. The Morgan fingerprint density at radius 1 is 1.47 bits per heavy atom. The summed E-state index contributed by atoms with van der Waals surface area (Å²) in [5, 5.41) is 3.37. The summed E-state index contributed by atoms with van der Waals surface area (Å²) in [6.45, 7) is 3.64. The lowest BCUT2D eigenvalue weighted by atomic mass is 10.0. The molecule has 4 nitrogen and oxygen atoms in total. The van der Waals surface area contributed by atoms with E-state index in [-0.39, 0.29) is 12.0 Å². The Bertz CT molecular complexity index is 199. The van der Waals surface area contributed by atoms with Crippen LogP contribution in [0.4, 0.5) is 0 Å². The number of nitrogens with one attached hydrogen (secondary N) is 1. The SMILES string of the molecule is CC1CCC(OCCC(=O)N(C)C)CN1. The van der Waals surface area contributed by atoms with Gasteiger partial charge in [-0.1, -0.05) is 0 Å². The van der Waals surface area contributed by atoms with Gasteiger partial charge in [0.25, 0.3) is 0 Å². The Balaban J connectivity index is 2.08. The predicted octanol–water partition coefficient (Wildman–Crippen LogP) is 0.622. The van der Waals surface area contributed by atoms with Gasteiger partial charge in [0.15, 0.2) is 0 Å². The minimum atomic E-state index is 0.132. The molecule has 0 aromatic rings. The minimum absolute atomic E-state index is 0.132. The van der Waals surface area contributed by atoms with Gasteiger partial charge in [-0.05, 0) is 19.8 Å². The number of rotatable bonds is 4. The summed E-state index contributed by atoms with van der Waals surface area (Å²) in [6.07, 6.45) is 3.03. The van der Waals surface area contributed by atoms with Crippen LogP contribution >= 0.6 is 0 Å². The van der Waals surface area contributed by atoms with Crippen molar-refractivity contribution in [1.82, 2.24) is 10.2 Å². The molecule has 1 aliphatic rings. The van der Waals surface area contributed by atoms with Gasteiger partial charge in [0.2, 0.25) is 5.91 Å². The number of hydrogen-bond acceptors (Lipinski definition) is 3. The molecule has 0 saturated carbocycles. The van der Waals surface area contributed by atoms with Crippen molar-refractivity contribution < 1.29 is 9.53 Å². The molecule has 1 fully saturated rings. The van der Waals surface area contributed by atoms with E-state index in [9.17, 15) is 4.79 Å². The van der Waals surface area contributed by atoms with Crippen LogP contribution in [0.1, 0.15) is 26.2 Å². The van der Waals surface area contributed by atoms with Crippen molar-refractivity contribution >= 4 is 5.91 Å². The zero-order chi connectivity index (χ0) is 11.3. The number of hydrogen-bond donors (Lipinski definition) is 1. The first-order valence-corrected chi connectivity index (χ1v) is 5.64. The highest BCUT2D eigenvalue weighted by molar-refractivity contribution is 5.75. The molecule has 2 unspecified atom stereocenters. The summed E-state index contributed by atoms with van der Waals surface area (Å²) in [5.41, 5.74) is 0. The second-order valence-corrected chi connectivity index (χ2v) is 4.42. The van der Waals surface area contributed by atoms with Crippen LogP contribution in [-0.4, -0.2) is 50.2 Å². The van der Waals surface area contributed by atoms with Gasteiger partial charge in [0.1, 0.15) is 0 Å². The van der Waals surface area contributed by atoms with Crippen molar-refractivity contribution in [2.75, 3.05) is 27.2 Å². The first-order chi connectivity index (χ1) is 7.09. The van der Waals surface area contributed by atoms with E-state index < -0.39 is 0 Å². The highest BCUT2D eigenvalue weighted by Gasteiger charge is 2.17. The smallest absolute Gasteiger partial charge is 0.224 e. The van der Waals surface area contributed by atoms with E-state index in [1.165, 1.54) is 0 Å². The van der Waals surface area contributed by atoms with E-state index in [4.69, 9.17) is 4.74 Å². The Kier molecular flexibility index (Phi) is 5.05. The molecule has 15 heavy (non-hydrogen) atoms.